The first-order chi connectivity index (χ1) is 9.72. The number of nitro groups is 1. The van der Waals surface area contributed by atoms with Crippen LogP contribution in [0, 0.1) is 10.1 Å². The molecule has 2 rings (SSSR count). The number of ether oxygens (including phenoxy) is 1. The lowest BCUT2D eigenvalue weighted by molar-refractivity contribution is -0.384. The monoisotopic (exact) mass is 273 g/mol. The third-order valence-corrected chi connectivity index (χ3v) is 2.61. The van der Waals surface area contributed by atoms with Gasteiger partial charge in [-0.25, -0.2) is 0 Å². The zero-order valence-corrected chi connectivity index (χ0v) is 11.1. The van der Waals surface area contributed by atoms with Crippen molar-refractivity contribution in [2.75, 3.05) is 11.9 Å². The number of hydrogen-bond donors (Lipinski definition) is 1. The molecule has 1 aromatic heterocycles. The van der Waals surface area contributed by atoms with Crippen LogP contribution in [0.1, 0.15) is 13.3 Å². The van der Waals surface area contributed by atoms with Crippen molar-refractivity contribution < 1.29 is 9.66 Å². The van der Waals surface area contributed by atoms with E-state index in [2.05, 4.69) is 10.3 Å². The van der Waals surface area contributed by atoms with E-state index in [-0.39, 0.29) is 11.4 Å². The lowest BCUT2D eigenvalue weighted by Crippen LogP contribution is -2.04. The number of rotatable bonds is 6. The van der Waals surface area contributed by atoms with Crippen molar-refractivity contribution in [3.05, 3.63) is 52.8 Å². The van der Waals surface area contributed by atoms with Gasteiger partial charge in [0.25, 0.3) is 0 Å². The Balaban J connectivity index is 2.34. The quantitative estimate of drug-likeness (QED) is 0.642. The Morgan fingerprint density at radius 1 is 1.35 bits per heavy atom. The fourth-order valence-electron chi connectivity index (χ4n) is 1.73. The molecule has 2 aromatic rings. The predicted octanol–water partition coefficient (Wildman–Crippen LogP) is 3.60. The molecule has 6 heteroatoms. The van der Waals surface area contributed by atoms with E-state index in [9.17, 15) is 10.1 Å². The lowest BCUT2D eigenvalue weighted by Gasteiger charge is -2.10. The minimum absolute atomic E-state index is 0.0650. The summed E-state index contributed by atoms with van der Waals surface area (Å²) in [5.41, 5.74) is 0.392. The van der Waals surface area contributed by atoms with Crippen LogP contribution in [-0.2, 0) is 0 Å². The number of anilines is 1. The fraction of sp³-hybridized carbons (Fsp3) is 0.214. The Bertz CT molecular complexity index is 587. The molecule has 1 aromatic carbocycles. The summed E-state index contributed by atoms with van der Waals surface area (Å²) in [5.74, 6) is 0.660. The van der Waals surface area contributed by atoms with Crippen LogP contribution in [0.25, 0.3) is 0 Å². The Morgan fingerprint density at radius 3 is 2.85 bits per heavy atom. The highest BCUT2D eigenvalue weighted by Gasteiger charge is 2.21. The van der Waals surface area contributed by atoms with Crippen LogP contribution >= 0.6 is 0 Å². The second-order valence-corrected chi connectivity index (χ2v) is 4.13. The van der Waals surface area contributed by atoms with E-state index in [4.69, 9.17) is 4.74 Å². The van der Waals surface area contributed by atoms with Gasteiger partial charge in [-0.05, 0) is 30.7 Å². The molecule has 0 aliphatic heterocycles. The molecule has 0 aliphatic rings. The molecule has 0 amide bonds. The molecule has 20 heavy (non-hydrogen) atoms. The van der Waals surface area contributed by atoms with Crippen LogP contribution in [0.5, 0.6) is 11.5 Å². The Kier molecular flexibility index (Phi) is 4.49. The van der Waals surface area contributed by atoms with Crippen LogP contribution in [0.4, 0.5) is 11.4 Å². The Morgan fingerprint density at radius 2 is 2.20 bits per heavy atom. The highest BCUT2D eigenvalue weighted by molar-refractivity contribution is 5.68. The number of para-hydroxylation sites is 1. The van der Waals surface area contributed by atoms with E-state index in [0.29, 0.717) is 18.0 Å². The van der Waals surface area contributed by atoms with Gasteiger partial charge in [0.15, 0.2) is 0 Å². The van der Waals surface area contributed by atoms with E-state index in [1.54, 1.807) is 36.5 Å². The molecule has 0 saturated heterocycles. The molecule has 1 heterocycles. The number of aromatic nitrogens is 1. The van der Waals surface area contributed by atoms with Crippen LogP contribution in [0.15, 0.2) is 42.7 Å². The van der Waals surface area contributed by atoms with E-state index < -0.39 is 4.92 Å². The SMILES string of the molecule is CCCNc1cccc(Oc2cccnc2)c1[N+](=O)[O-]. The first kappa shape index (κ1) is 13.8. The zero-order chi connectivity index (χ0) is 14.4. The number of nitrogens with zero attached hydrogens (tertiary/aromatic N) is 2. The molecule has 104 valence electrons. The Hall–Kier alpha value is -2.63. The first-order valence-corrected chi connectivity index (χ1v) is 6.31. The zero-order valence-electron chi connectivity index (χ0n) is 11.1. The van der Waals surface area contributed by atoms with E-state index in [1.807, 2.05) is 6.92 Å². The van der Waals surface area contributed by atoms with Gasteiger partial charge in [0.05, 0.1) is 11.1 Å². The van der Waals surface area contributed by atoms with Crippen molar-refractivity contribution in [1.82, 2.24) is 4.98 Å². The lowest BCUT2D eigenvalue weighted by atomic mass is 10.2. The molecule has 0 aliphatic carbocycles. The van der Waals surface area contributed by atoms with Crippen molar-refractivity contribution in [2.24, 2.45) is 0 Å². The molecule has 0 atom stereocenters. The summed E-state index contributed by atoms with van der Waals surface area (Å²) in [7, 11) is 0. The van der Waals surface area contributed by atoms with Crippen molar-refractivity contribution in [2.45, 2.75) is 13.3 Å². The van der Waals surface area contributed by atoms with E-state index >= 15 is 0 Å². The molecule has 0 radical (unpaired) electrons. The van der Waals surface area contributed by atoms with E-state index in [0.717, 1.165) is 6.42 Å². The normalized spacial score (nSPS) is 10.1. The average Bonchev–Trinajstić information content (AvgIpc) is 2.46. The van der Waals surface area contributed by atoms with Crippen LogP contribution in [0.3, 0.4) is 0 Å². The third-order valence-electron chi connectivity index (χ3n) is 2.61. The van der Waals surface area contributed by atoms with Gasteiger partial charge >= 0.3 is 5.69 Å². The maximum atomic E-state index is 11.3. The largest absolute Gasteiger partial charge is 0.448 e. The number of nitrogens with one attached hydrogen (secondary N) is 1. The van der Waals surface area contributed by atoms with E-state index in [1.165, 1.54) is 6.20 Å². The van der Waals surface area contributed by atoms with Crippen molar-refractivity contribution in [1.29, 1.82) is 0 Å². The molecule has 6 nitrogen and oxygen atoms in total. The first-order valence-electron chi connectivity index (χ1n) is 6.31. The molecule has 0 saturated carbocycles. The van der Waals surface area contributed by atoms with Gasteiger partial charge in [-0.1, -0.05) is 13.0 Å². The molecule has 0 unspecified atom stereocenters. The smallest absolute Gasteiger partial charge is 0.334 e. The summed E-state index contributed by atoms with van der Waals surface area (Å²) in [6, 6.07) is 8.37. The van der Waals surface area contributed by atoms with Gasteiger partial charge in [0.2, 0.25) is 5.75 Å². The molecule has 0 bridgehead atoms. The van der Waals surface area contributed by atoms with Gasteiger partial charge in [0, 0.05) is 12.7 Å². The van der Waals surface area contributed by atoms with Gasteiger partial charge in [0.1, 0.15) is 11.4 Å². The maximum Gasteiger partial charge on any atom is 0.334 e. The second-order valence-electron chi connectivity index (χ2n) is 4.13. The molecular formula is C14H15N3O3. The molecule has 0 spiro atoms. The van der Waals surface area contributed by atoms with Gasteiger partial charge in [-0.15, -0.1) is 0 Å². The van der Waals surface area contributed by atoms with Crippen molar-refractivity contribution >= 4 is 11.4 Å². The fourth-order valence-corrected chi connectivity index (χ4v) is 1.73. The number of benzene rings is 1. The van der Waals surface area contributed by atoms with Crippen LogP contribution < -0.4 is 10.1 Å². The highest BCUT2D eigenvalue weighted by Crippen LogP contribution is 2.37. The van der Waals surface area contributed by atoms with Crippen LogP contribution in [0.2, 0.25) is 0 Å². The number of hydrogen-bond acceptors (Lipinski definition) is 5. The summed E-state index contributed by atoms with van der Waals surface area (Å²) >= 11 is 0. The minimum Gasteiger partial charge on any atom is -0.448 e. The Labute approximate surface area is 116 Å². The number of pyridine rings is 1. The van der Waals surface area contributed by atoms with Crippen molar-refractivity contribution in [3.8, 4) is 11.5 Å². The topological polar surface area (TPSA) is 77.3 Å². The molecule has 0 fully saturated rings. The summed E-state index contributed by atoms with van der Waals surface area (Å²) < 4.78 is 5.55. The molecule has 1 N–H and O–H groups in total. The second kappa shape index (κ2) is 6.51. The van der Waals surface area contributed by atoms with Crippen LogP contribution in [-0.4, -0.2) is 16.5 Å². The molecular weight excluding hydrogens is 258 g/mol. The average molecular weight is 273 g/mol. The number of nitro benzene ring substituents is 1. The maximum absolute atomic E-state index is 11.3. The third kappa shape index (κ3) is 3.23. The standard InChI is InChI=1S/C14H15N3O3/c1-2-8-16-12-6-3-7-13(14(12)17(18)19)20-11-5-4-9-15-10-11/h3-7,9-10,16H,2,8H2,1H3. The summed E-state index contributed by atoms with van der Waals surface area (Å²) in [4.78, 5) is 14.7. The highest BCUT2D eigenvalue weighted by atomic mass is 16.6. The van der Waals surface area contributed by atoms with Gasteiger partial charge in [-0.3, -0.25) is 15.1 Å². The van der Waals surface area contributed by atoms with Gasteiger partial charge < -0.3 is 10.1 Å². The van der Waals surface area contributed by atoms with Gasteiger partial charge in [-0.2, -0.15) is 0 Å². The summed E-state index contributed by atoms with van der Waals surface area (Å²) in [5, 5.41) is 14.3. The summed E-state index contributed by atoms with van der Waals surface area (Å²) in [6.07, 6.45) is 4.00. The minimum atomic E-state index is -0.441. The van der Waals surface area contributed by atoms with Crippen molar-refractivity contribution in [3.63, 3.8) is 0 Å². The summed E-state index contributed by atoms with van der Waals surface area (Å²) in [6.45, 7) is 2.66. The predicted molar refractivity (Wildman–Crippen MR) is 76.2 cm³/mol.